The number of benzene rings is 1. The molecule has 0 radical (unpaired) electrons. The Balaban J connectivity index is 2.13. The fraction of sp³-hybridized carbons (Fsp3) is 0.200. The number of hydrogen-bond donors (Lipinski definition) is 1. The van der Waals surface area contributed by atoms with Gasteiger partial charge in [0.05, 0.1) is 11.7 Å². The first-order valence-electron chi connectivity index (χ1n) is 6.47. The Morgan fingerprint density at radius 2 is 2.20 bits per heavy atom. The summed E-state index contributed by atoms with van der Waals surface area (Å²) in [6.07, 6.45) is 4.09. The quantitative estimate of drug-likeness (QED) is 0.790. The van der Waals surface area contributed by atoms with Gasteiger partial charge in [0.1, 0.15) is 5.76 Å². The smallest absolute Gasteiger partial charge is 0.318 e. The summed E-state index contributed by atoms with van der Waals surface area (Å²) in [5.41, 5.74) is 7.53. The Hall–Kier alpha value is -2.40. The Kier molecular flexibility index (Phi) is 3.12. The second kappa shape index (κ2) is 4.94. The lowest BCUT2D eigenvalue weighted by Gasteiger charge is -1.99. The number of oxazole rings is 1. The van der Waals surface area contributed by atoms with E-state index in [0.29, 0.717) is 12.3 Å². The maximum absolute atomic E-state index is 12.5. The molecule has 0 saturated heterocycles. The van der Waals surface area contributed by atoms with Crippen molar-refractivity contribution < 1.29 is 9.21 Å². The molecule has 0 aliphatic rings. The molecule has 0 aliphatic heterocycles. The van der Waals surface area contributed by atoms with Crippen LogP contribution in [0, 0.1) is 6.92 Å². The summed E-state index contributed by atoms with van der Waals surface area (Å²) in [7, 11) is 0. The van der Waals surface area contributed by atoms with Gasteiger partial charge in [-0.2, -0.15) is 0 Å². The number of para-hydroxylation sites is 1. The highest BCUT2D eigenvalue weighted by Gasteiger charge is 2.18. The zero-order chi connectivity index (χ0) is 14.1. The molecule has 102 valence electrons. The van der Waals surface area contributed by atoms with E-state index in [-0.39, 0.29) is 11.8 Å². The lowest BCUT2D eigenvalue weighted by molar-refractivity contribution is 0.0929. The van der Waals surface area contributed by atoms with Gasteiger partial charge in [0.2, 0.25) is 0 Å². The first-order chi connectivity index (χ1) is 9.70. The van der Waals surface area contributed by atoms with E-state index in [2.05, 4.69) is 4.98 Å². The zero-order valence-corrected chi connectivity index (χ0v) is 11.2. The summed E-state index contributed by atoms with van der Waals surface area (Å²) in [4.78, 5) is 16.5. The lowest BCUT2D eigenvalue weighted by atomic mass is 10.1. The van der Waals surface area contributed by atoms with Crippen LogP contribution >= 0.6 is 0 Å². The maximum Gasteiger partial charge on any atom is 0.318 e. The standard InChI is InChI=1S/C15H15N3O2/c1-10-8-17-14(20-10)15(19)18-9-11(6-7-16)12-4-2-3-5-13(12)18/h2-5,8-9H,6-7,16H2,1H3. The molecule has 2 aromatic heterocycles. The van der Waals surface area contributed by atoms with Gasteiger partial charge in [-0.25, -0.2) is 4.98 Å². The van der Waals surface area contributed by atoms with Crippen molar-refractivity contribution in [1.29, 1.82) is 0 Å². The van der Waals surface area contributed by atoms with Crippen LogP contribution in [0.1, 0.15) is 22.0 Å². The molecule has 0 fully saturated rings. The predicted molar refractivity (Wildman–Crippen MR) is 75.7 cm³/mol. The molecule has 0 bridgehead atoms. The highest BCUT2D eigenvalue weighted by Crippen LogP contribution is 2.22. The second-order valence-electron chi connectivity index (χ2n) is 4.66. The molecule has 0 aliphatic carbocycles. The van der Waals surface area contributed by atoms with Crippen LogP contribution in [0.4, 0.5) is 0 Å². The van der Waals surface area contributed by atoms with Crippen LogP contribution in [0.5, 0.6) is 0 Å². The van der Waals surface area contributed by atoms with Gasteiger partial charge in [-0.15, -0.1) is 0 Å². The minimum absolute atomic E-state index is 0.0996. The van der Waals surface area contributed by atoms with Crippen molar-refractivity contribution in [3.05, 3.63) is 53.9 Å². The molecule has 1 aromatic carbocycles. The fourth-order valence-corrected chi connectivity index (χ4v) is 2.33. The Morgan fingerprint density at radius 3 is 2.90 bits per heavy atom. The van der Waals surface area contributed by atoms with Gasteiger partial charge < -0.3 is 10.2 Å². The Morgan fingerprint density at radius 1 is 1.40 bits per heavy atom. The summed E-state index contributed by atoms with van der Waals surface area (Å²) in [6, 6.07) is 7.75. The van der Waals surface area contributed by atoms with Crippen LogP contribution in [0.2, 0.25) is 0 Å². The number of carbonyl (C=O) groups excluding carboxylic acids is 1. The van der Waals surface area contributed by atoms with Crippen molar-refractivity contribution in [1.82, 2.24) is 9.55 Å². The number of aryl methyl sites for hydroxylation is 1. The van der Waals surface area contributed by atoms with Crippen molar-refractivity contribution in [2.75, 3.05) is 6.54 Å². The molecule has 0 atom stereocenters. The van der Waals surface area contributed by atoms with Gasteiger partial charge in [-0.3, -0.25) is 9.36 Å². The van der Waals surface area contributed by atoms with Gasteiger partial charge >= 0.3 is 5.91 Å². The van der Waals surface area contributed by atoms with E-state index in [1.165, 1.54) is 0 Å². The van der Waals surface area contributed by atoms with Crippen LogP contribution in [-0.2, 0) is 6.42 Å². The van der Waals surface area contributed by atoms with Gasteiger partial charge in [0.15, 0.2) is 0 Å². The van der Waals surface area contributed by atoms with Crippen LogP contribution in [0.25, 0.3) is 10.9 Å². The van der Waals surface area contributed by atoms with Crippen LogP contribution < -0.4 is 5.73 Å². The molecule has 0 saturated carbocycles. The monoisotopic (exact) mass is 269 g/mol. The number of nitrogens with zero attached hydrogens (tertiary/aromatic N) is 2. The highest BCUT2D eigenvalue weighted by atomic mass is 16.4. The summed E-state index contributed by atoms with van der Waals surface area (Å²) in [5, 5.41) is 1.04. The summed E-state index contributed by atoms with van der Waals surface area (Å²) >= 11 is 0. The molecule has 3 rings (SSSR count). The third-order valence-corrected chi connectivity index (χ3v) is 3.23. The largest absolute Gasteiger partial charge is 0.438 e. The third kappa shape index (κ3) is 2.02. The Labute approximate surface area is 116 Å². The van der Waals surface area contributed by atoms with Crippen LogP contribution in [-0.4, -0.2) is 22.0 Å². The lowest BCUT2D eigenvalue weighted by Crippen LogP contribution is -2.11. The molecule has 5 nitrogen and oxygen atoms in total. The molecule has 20 heavy (non-hydrogen) atoms. The first kappa shape index (κ1) is 12.6. The summed E-state index contributed by atoms with van der Waals surface area (Å²) in [5.74, 6) is 0.451. The number of rotatable bonds is 3. The molecule has 0 spiro atoms. The van der Waals surface area contributed by atoms with E-state index in [1.807, 2.05) is 30.5 Å². The SMILES string of the molecule is Cc1cnc(C(=O)n2cc(CCN)c3ccccc32)o1. The van der Waals surface area contributed by atoms with Gasteiger partial charge in [0.25, 0.3) is 5.89 Å². The van der Waals surface area contributed by atoms with Crippen molar-refractivity contribution in [3.8, 4) is 0 Å². The number of hydrogen-bond acceptors (Lipinski definition) is 4. The normalized spacial score (nSPS) is 11.1. The van der Waals surface area contributed by atoms with Crippen molar-refractivity contribution in [3.63, 3.8) is 0 Å². The molecular weight excluding hydrogens is 254 g/mol. The van der Waals surface area contributed by atoms with E-state index in [4.69, 9.17) is 10.2 Å². The van der Waals surface area contributed by atoms with E-state index < -0.39 is 0 Å². The highest BCUT2D eigenvalue weighted by molar-refractivity contribution is 6.00. The van der Waals surface area contributed by atoms with E-state index >= 15 is 0 Å². The van der Waals surface area contributed by atoms with E-state index in [0.717, 1.165) is 22.9 Å². The van der Waals surface area contributed by atoms with Gasteiger partial charge in [-0.1, -0.05) is 18.2 Å². The second-order valence-corrected chi connectivity index (χ2v) is 4.66. The van der Waals surface area contributed by atoms with Crippen molar-refractivity contribution in [2.45, 2.75) is 13.3 Å². The summed E-state index contributed by atoms with van der Waals surface area (Å²) < 4.78 is 6.89. The van der Waals surface area contributed by atoms with E-state index in [1.54, 1.807) is 17.7 Å². The minimum Gasteiger partial charge on any atom is -0.438 e. The molecule has 0 amide bonds. The van der Waals surface area contributed by atoms with Crippen LogP contribution in [0.3, 0.4) is 0 Å². The molecule has 2 heterocycles. The molecule has 0 unspecified atom stereocenters. The maximum atomic E-state index is 12.5. The van der Waals surface area contributed by atoms with Crippen molar-refractivity contribution in [2.24, 2.45) is 5.73 Å². The number of aromatic nitrogens is 2. The van der Waals surface area contributed by atoms with Crippen LogP contribution in [0.15, 0.2) is 41.1 Å². The Bertz CT molecular complexity index is 770. The average Bonchev–Trinajstić information content (AvgIpc) is 3.04. The topological polar surface area (TPSA) is 74.0 Å². The van der Waals surface area contributed by atoms with Gasteiger partial charge in [0, 0.05) is 11.6 Å². The molecular formula is C15H15N3O2. The average molecular weight is 269 g/mol. The number of carbonyl (C=O) groups is 1. The minimum atomic E-state index is -0.266. The zero-order valence-electron chi connectivity index (χ0n) is 11.2. The van der Waals surface area contributed by atoms with E-state index in [9.17, 15) is 4.79 Å². The number of nitrogens with two attached hydrogens (primary N) is 1. The van der Waals surface area contributed by atoms with Crippen molar-refractivity contribution >= 4 is 16.8 Å². The third-order valence-electron chi connectivity index (χ3n) is 3.23. The molecule has 5 heteroatoms. The van der Waals surface area contributed by atoms with Gasteiger partial charge in [-0.05, 0) is 31.5 Å². The number of fused-ring (bicyclic) bond motifs is 1. The fourth-order valence-electron chi connectivity index (χ4n) is 2.33. The molecule has 2 N–H and O–H groups in total. The first-order valence-corrected chi connectivity index (χ1v) is 6.47. The predicted octanol–water partition coefficient (Wildman–Crippen LogP) is 2.13. The summed E-state index contributed by atoms with van der Waals surface area (Å²) in [6.45, 7) is 2.30. The molecule has 3 aromatic rings.